The van der Waals surface area contributed by atoms with Crippen LogP contribution in [0.25, 0.3) is 0 Å². The van der Waals surface area contributed by atoms with Crippen molar-refractivity contribution in [3.8, 4) is 0 Å². The lowest BCUT2D eigenvalue weighted by molar-refractivity contribution is -0.304. The summed E-state index contributed by atoms with van der Waals surface area (Å²) in [5.74, 6) is -1.10. The van der Waals surface area contributed by atoms with Gasteiger partial charge in [-0.1, -0.05) is 11.6 Å². The summed E-state index contributed by atoms with van der Waals surface area (Å²) in [6.45, 7) is 1.72. The maximum atomic E-state index is 10.2. The molecule has 0 spiro atoms. The Bertz CT molecular complexity index is 284. The molecule has 5 heteroatoms. The number of thiazole rings is 1. The van der Waals surface area contributed by atoms with Crippen LogP contribution in [0.5, 0.6) is 0 Å². The predicted molar refractivity (Wildman–Crippen MR) is 40.6 cm³/mol. The van der Waals surface area contributed by atoms with Gasteiger partial charge in [-0.15, -0.1) is 11.3 Å². The molecular weight excluding hydrogens is 186 g/mol. The van der Waals surface area contributed by atoms with Crippen LogP contribution in [-0.4, -0.2) is 11.0 Å². The normalized spacial score (nSPS) is 10.0. The Hall–Kier alpha value is -0.610. The molecule has 0 aliphatic carbocycles. The number of carbonyl (C=O) groups is 1. The highest BCUT2D eigenvalue weighted by atomic mass is 35.5. The Kier molecular flexibility index (Phi) is 2.46. The van der Waals surface area contributed by atoms with Gasteiger partial charge in [-0.2, -0.15) is 0 Å². The second-order valence-electron chi connectivity index (χ2n) is 2.02. The van der Waals surface area contributed by atoms with Crippen LogP contribution in [0.15, 0.2) is 0 Å². The Morgan fingerprint density at radius 2 is 2.45 bits per heavy atom. The second-order valence-corrected chi connectivity index (χ2v) is 3.69. The van der Waals surface area contributed by atoms with E-state index in [4.69, 9.17) is 11.6 Å². The standard InChI is InChI=1S/C6H6ClNO2S/c1-3-4(2-5(9)10)11-6(7)8-3/h2H2,1H3,(H,9,10)/p-1. The summed E-state index contributed by atoms with van der Waals surface area (Å²) in [5.41, 5.74) is 0.671. The Morgan fingerprint density at radius 1 is 1.82 bits per heavy atom. The van der Waals surface area contributed by atoms with E-state index in [0.717, 1.165) is 0 Å². The Labute approximate surface area is 72.6 Å². The maximum Gasteiger partial charge on any atom is 0.184 e. The summed E-state index contributed by atoms with van der Waals surface area (Å²) in [5, 5.41) is 10.2. The van der Waals surface area contributed by atoms with Crippen LogP contribution in [-0.2, 0) is 11.2 Å². The van der Waals surface area contributed by atoms with Crippen LogP contribution < -0.4 is 5.11 Å². The molecule has 0 aliphatic rings. The van der Waals surface area contributed by atoms with Gasteiger partial charge in [0.2, 0.25) is 0 Å². The van der Waals surface area contributed by atoms with Gasteiger partial charge in [-0.25, -0.2) is 4.98 Å². The number of aromatic nitrogens is 1. The highest BCUT2D eigenvalue weighted by molar-refractivity contribution is 7.15. The lowest BCUT2D eigenvalue weighted by Crippen LogP contribution is -2.24. The molecule has 0 amide bonds. The summed E-state index contributed by atoms with van der Waals surface area (Å²) in [6.07, 6.45) is -0.101. The average Bonchev–Trinajstić information content (AvgIpc) is 2.09. The zero-order chi connectivity index (χ0) is 8.43. The van der Waals surface area contributed by atoms with E-state index in [2.05, 4.69) is 4.98 Å². The molecule has 1 heterocycles. The van der Waals surface area contributed by atoms with Gasteiger partial charge in [-0.3, -0.25) is 0 Å². The van der Waals surface area contributed by atoms with Crippen LogP contribution in [0.2, 0.25) is 4.47 Å². The van der Waals surface area contributed by atoms with Gasteiger partial charge in [0.15, 0.2) is 4.47 Å². The van der Waals surface area contributed by atoms with E-state index in [-0.39, 0.29) is 6.42 Å². The Balaban J connectivity index is 2.85. The van der Waals surface area contributed by atoms with Crippen molar-refractivity contribution >= 4 is 28.9 Å². The number of carboxylic acids is 1. The van der Waals surface area contributed by atoms with E-state index in [0.29, 0.717) is 15.0 Å². The first-order chi connectivity index (χ1) is 5.09. The van der Waals surface area contributed by atoms with Gasteiger partial charge in [0.25, 0.3) is 0 Å². The molecule has 0 saturated heterocycles. The van der Waals surface area contributed by atoms with Crippen molar-refractivity contribution in [1.82, 2.24) is 4.98 Å². The summed E-state index contributed by atoms with van der Waals surface area (Å²) in [4.78, 5) is 14.7. The molecule has 0 unspecified atom stereocenters. The summed E-state index contributed by atoms with van der Waals surface area (Å²) < 4.78 is 0.374. The summed E-state index contributed by atoms with van der Waals surface area (Å²) >= 11 is 6.72. The first-order valence-electron chi connectivity index (χ1n) is 2.91. The fraction of sp³-hybridized carbons (Fsp3) is 0.333. The van der Waals surface area contributed by atoms with Crippen molar-refractivity contribution in [3.05, 3.63) is 15.0 Å². The van der Waals surface area contributed by atoms with Crippen molar-refractivity contribution in [2.75, 3.05) is 0 Å². The maximum absolute atomic E-state index is 10.2. The number of carboxylic acid groups (broad SMARTS) is 1. The lowest BCUT2D eigenvalue weighted by atomic mass is 10.3. The quantitative estimate of drug-likeness (QED) is 0.678. The minimum absolute atomic E-state index is 0.101. The average molecular weight is 191 g/mol. The van der Waals surface area contributed by atoms with Gasteiger partial charge in [0.1, 0.15) is 0 Å². The molecule has 1 aromatic heterocycles. The highest BCUT2D eigenvalue weighted by Gasteiger charge is 2.04. The molecule has 0 aromatic carbocycles. The Morgan fingerprint density at radius 3 is 2.82 bits per heavy atom. The van der Waals surface area contributed by atoms with Gasteiger partial charge in [0, 0.05) is 17.3 Å². The van der Waals surface area contributed by atoms with Crippen LogP contribution in [0.4, 0.5) is 0 Å². The van der Waals surface area contributed by atoms with Crippen LogP contribution in [0.1, 0.15) is 10.6 Å². The monoisotopic (exact) mass is 190 g/mol. The molecule has 60 valence electrons. The number of aryl methyl sites for hydroxylation is 1. The van der Waals surface area contributed by atoms with Crippen molar-refractivity contribution in [2.24, 2.45) is 0 Å². The first-order valence-corrected chi connectivity index (χ1v) is 4.10. The molecule has 0 bridgehead atoms. The number of halogens is 1. The van der Waals surface area contributed by atoms with Crippen LogP contribution in [0, 0.1) is 6.92 Å². The summed E-state index contributed by atoms with van der Waals surface area (Å²) in [7, 11) is 0. The SMILES string of the molecule is Cc1nc(Cl)sc1CC(=O)[O-]. The topological polar surface area (TPSA) is 53.0 Å². The molecule has 1 aromatic rings. The second kappa shape index (κ2) is 3.19. The van der Waals surface area contributed by atoms with Crippen LogP contribution >= 0.6 is 22.9 Å². The molecule has 1 rings (SSSR count). The van der Waals surface area contributed by atoms with Gasteiger partial charge >= 0.3 is 0 Å². The molecule has 11 heavy (non-hydrogen) atoms. The largest absolute Gasteiger partial charge is 0.550 e. The van der Waals surface area contributed by atoms with E-state index in [9.17, 15) is 9.90 Å². The van der Waals surface area contributed by atoms with Crippen molar-refractivity contribution in [3.63, 3.8) is 0 Å². The van der Waals surface area contributed by atoms with E-state index >= 15 is 0 Å². The number of hydrogen-bond donors (Lipinski definition) is 0. The van der Waals surface area contributed by atoms with Crippen LogP contribution in [0.3, 0.4) is 0 Å². The third-order valence-corrected chi connectivity index (χ3v) is 2.43. The number of rotatable bonds is 2. The van der Waals surface area contributed by atoms with Crippen molar-refractivity contribution < 1.29 is 9.90 Å². The molecule has 0 radical (unpaired) electrons. The smallest absolute Gasteiger partial charge is 0.184 e. The summed E-state index contributed by atoms with van der Waals surface area (Å²) in [6, 6.07) is 0. The zero-order valence-corrected chi connectivity index (χ0v) is 7.33. The fourth-order valence-corrected chi connectivity index (χ4v) is 1.86. The molecule has 3 nitrogen and oxygen atoms in total. The third kappa shape index (κ3) is 2.17. The van der Waals surface area contributed by atoms with Gasteiger partial charge in [0.05, 0.1) is 5.69 Å². The molecule has 0 N–H and O–H groups in total. The minimum Gasteiger partial charge on any atom is -0.550 e. The van der Waals surface area contributed by atoms with E-state index in [1.54, 1.807) is 6.92 Å². The highest BCUT2D eigenvalue weighted by Crippen LogP contribution is 2.22. The zero-order valence-electron chi connectivity index (χ0n) is 5.76. The first kappa shape index (κ1) is 8.49. The van der Waals surface area contributed by atoms with E-state index < -0.39 is 5.97 Å². The van der Waals surface area contributed by atoms with E-state index in [1.165, 1.54) is 11.3 Å². The number of nitrogens with zero attached hydrogens (tertiary/aromatic N) is 1. The lowest BCUT2D eigenvalue weighted by Gasteiger charge is -1.97. The number of hydrogen-bond acceptors (Lipinski definition) is 4. The minimum atomic E-state index is -1.10. The fourth-order valence-electron chi connectivity index (χ4n) is 0.688. The van der Waals surface area contributed by atoms with Gasteiger partial charge < -0.3 is 9.90 Å². The number of carbonyl (C=O) groups excluding carboxylic acids is 1. The molecule has 0 saturated carbocycles. The molecular formula is C6H5ClNO2S-. The molecule has 0 fully saturated rings. The van der Waals surface area contributed by atoms with E-state index in [1.807, 2.05) is 0 Å². The molecule has 0 atom stereocenters. The van der Waals surface area contributed by atoms with Crippen molar-refractivity contribution in [1.29, 1.82) is 0 Å². The molecule has 0 aliphatic heterocycles. The van der Waals surface area contributed by atoms with Crippen molar-refractivity contribution in [2.45, 2.75) is 13.3 Å². The van der Waals surface area contributed by atoms with Gasteiger partial charge in [-0.05, 0) is 6.92 Å². The third-order valence-electron chi connectivity index (χ3n) is 1.17. The predicted octanol–water partition coefficient (Wildman–Crippen LogP) is 0.397. The number of aliphatic carboxylic acids is 1.